The monoisotopic (exact) mass is 497 g/mol. The maximum Gasteiger partial charge on any atom is 0.259 e. The number of nitrogens with one attached hydrogen (secondary N) is 2. The smallest absolute Gasteiger partial charge is 0.259 e. The van der Waals surface area contributed by atoms with Gasteiger partial charge >= 0.3 is 0 Å². The van der Waals surface area contributed by atoms with Gasteiger partial charge in [0.1, 0.15) is 12.4 Å². The average molecular weight is 498 g/mol. The van der Waals surface area contributed by atoms with Gasteiger partial charge in [0.2, 0.25) is 0 Å². The van der Waals surface area contributed by atoms with Crippen LogP contribution in [-0.2, 0) is 11.4 Å². The zero-order chi connectivity index (χ0) is 26.0. The van der Waals surface area contributed by atoms with Crippen molar-refractivity contribution < 1.29 is 23.8 Å². The van der Waals surface area contributed by atoms with E-state index in [2.05, 4.69) is 34.0 Å². The number of hydrazone groups is 1. The first-order valence-electron chi connectivity index (χ1n) is 11.6. The first kappa shape index (κ1) is 25.2. The molecule has 0 spiro atoms. The van der Waals surface area contributed by atoms with Crippen LogP contribution in [0, 0.1) is 0 Å². The fourth-order valence-electron chi connectivity index (χ4n) is 3.76. The van der Waals surface area contributed by atoms with Gasteiger partial charge in [-0.3, -0.25) is 9.59 Å². The molecule has 0 fully saturated rings. The third-order valence-electron chi connectivity index (χ3n) is 5.61. The van der Waals surface area contributed by atoms with Gasteiger partial charge in [-0.15, -0.1) is 0 Å². The summed E-state index contributed by atoms with van der Waals surface area (Å²) in [7, 11) is 3.04. The summed E-state index contributed by atoms with van der Waals surface area (Å²) in [6.45, 7) is 0.153. The van der Waals surface area contributed by atoms with Crippen molar-refractivity contribution in [2.24, 2.45) is 5.10 Å². The molecule has 0 radical (unpaired) electrons. The van der Waals surface area contributed by atoms with Gasteiger partial charge in [0.15, 0.2) is 11.5 Å². The minimum absolute atomic E-state index is 0.238. The van der Waals surface area contributed by atoms with Crippen LogP contribution < -0.4 is 25.0 Å². The molecule has 0 unspecified atom stereocenters. The standard InChI is InChI=1S/C29H27N3O5/c1-35-25-13-6-5-12-24(25)29(34)30-18-28(33)32-31-17-20-14-15-26(27(16-20)36-2)37-19-22-10-7-9-21-8-3-4-11-23(21)22/h3-17H,18-19H2,1-2H3,(H,30,34)(H,32,33). The van der Waals surface area contributed by atoms with E-state index in [9.17, 15) is 9.59 Å². The molecule has 0 aliphatic carbocycles. The number of methoxy groups -OCH3 is 2. The van der Waals surface area contributed by atoms with Crippen LogP contribution in [0.2, 0.25) is 0 Å². The Morgan fingerprint density at radius 1 is 0.838 bits per heavy atom. The van der Waals surface area contributed by atoms with E-state index in [0.29, 0.717) is 35.0 Å². The Morgan fingerprint density at radius 3 is 2.43 bits per heavy atom. The topological polar surface area (TPSA) is 98.2 Å². The lowest BCUT2D eigenvalue weighted by Crippen LogP contribution is -2.35. The Labute approximate surface area is 214 Å². The van der Waals surface area contributed by atoms with Crippen molar-refractivity contribution in [3.63, 3.8) is 0 Å². The predicted octanol–water partition coefficient (Wildman–Crippen LogP) is 4.32. The summed E-state index contributed by atoms with van der Waals surface area (Å²) < 4.78 is 16.7. The van der Waals surface area contributed by atoms with Gasteiger partial charge < -0.3 is 19.5 Å². The van der Waals surface area contributed by atoms with Crippen LogP contribution in [-0.4, -0.2) is 38.8 Å². The lowest BCUT2D eigenvalue weighted by molar-refractivity contribution is -0.120. The number of fused-ring (bicyclic) bond motifs is 1. The Morgan fingerprint density at radius 2 is 1.59 bits per heavy atom. The van der Waals surface area contributed by atoms with Gasteiger partial charge in [-0.25, -0.2) is 5.43 Å². The summed E-state index contributed by atoms with van der Waals surface area (Å²) in [5.74, 6) is 0.675. The van der Waals surface area contributed by atoms with Crippen LogP contribution in [0.15, 0.2) is 90.0 Å². The average Bonchev–Trinajstić information content (AvgIpc) is 2.95. The molecular weight excluding hydrogens is 470 g/mol. The van der Waals surface area contributed by atoms with Crippen LogP contribution in [0.4, 0.5) is 0 Å². The van der Waals surface area contributed by atoms with Crippen molar-refractivity contribution in [1.82, 2.24) is 10.7 Å². The van der Waals surface area contributed by atoms with Crippen LogP contribution in [0.5, 0.6) is 17.2 Å². The van der Waals surface area contributed by atoms with Gasteiger partial charge in [0.05, 0.1) is 32.5 Å². The van der Waals surface area contributed by atoms with Crippen LogP contribution in [0.3, 0.4) is 0 Å². The predicted molar refractivity (Wildman–Crippen MR) is 142 cm³/mol. The van der Waals surface area contributed by atoms with Gasteiger partial charge in [-0.2, -0.15) is 5.10 Å². The Kier molecular flexibility index (Phi) is 8.33. The molecule has 0 aliphatic heterocycles. The number of para-hydroxylation sites is 1. The van der Waals surface area contributed by atoms with Crippen LogP contribution in [0.25, 0.3) is 10.8 Å². The number of hydrogen-bond donors (Lipinski definition) is 2. The molecule has 0 aliphatic rings. The quantitative estimate of drug-likeness (QED) is 0.251. The minimum Gasteiger partial charge on any atom is -0.496 e. The first-order valence-corrected chi connectivity index (χ1v) is 11.6. The highest BCUT2D eigenvalue weighted by atomic mass is 16.5. The molecule has 4 rings (SSSR count). The third-order valence-corrected chi connectivity index (χ3v) is 5.61. The van der Waals surface area contributed by atoms with Crippen LogP contribution >= 0.6 is 0 Å². The first-order chi connectivity index (χ1) is 18.1. The van der Waals surface area contributed by atoms with E-state index in [0.717, 1.165) is 16.3 Å². The number of rotatable bonds is 10. The molecule has 0 aromatic heterocycles. The maximum absolute atomic E-state index is 12.3. The maximum atomic E-state index is 12.3. The number of amides is 2. The Bertz CT molecular complexity index is 1430. The molecule has 0 heterocycles. The highest BCUT2D eigenvalue weighted by molar-refractivity contribution is 5.98. The highest BCUT2D eigenvalue weighted by Crippen LogP contribution is 2.29. The van der Waals surface area contributed by atoms with Crippen molar-refractivity contribution in [2.45, 2.75) is 6.61 Å². The molecule has 2 amide bonds. The summed E-state index contributed by atoms with van der Waals surface area (Å²) in [5.41, 5.74) is 4.52. The van der Waals surface area contributed by atoms with E-state index in [-0.39, 0.29) is 6.54 Å². The molecule has 188 valence electrons. The molecule has 37 heavy (non-hydrogen) atoms. The molecule has 4 aromatic rings. The second-order valence-electron chi connectivity index (χ2n) is 8.01. The molecule has 0 saturated heterocycles. The summed E-state index contributed by atoms with van der Waals surface area (Å²) in [6.07, 6.45) is 1.48. The summed E-state index contributed by atoms with van der Waals surface area (Å²) in [5, 5.41) is 8.80. The fourth-order valence-corrected chi connectivity index (χ4v) is 3.76. The highest BCUT2D eigenvalue weighted by Gasteiger charge is 2.12. The second-order valence-corrected chi connectivity index (χ2v) is 8.01. The van der Waals surface area contributed by atoms with Crippen molar-refractivity contribution in [2.75, 3.05) is 20.8 Å². The molecule has 8 heteroatoms. The van der Waals surface area contributed by atoms with Crippen molar-refractivity contribution in [1.29, 1.82) is 0 Å². The van der Waals surface area contributed by atoms with Crippen molar-refractivity contribution >= 4 is 28.8 Å². The number of hydrogen-bond acceptors (Lipinski definition) is 6. The van der Waals surface area contributed by atoms with E-state index in [1.807, 2.05) is 24.3 Å². The van der Waals surface area contributed by atoms with E-state index in [1.54, 1.807) is 49.6 Å². The van der Waals surface area contributed by atoms with E-state index in [4.69, 9.17) is 14.2 Å². The fraction of sp³-hybridized carbons (Fsp3) is 0.138. The minimum atomic E-state index is -0.471. The lowest BCUT2D eigenvalue weighted by atomic mass is 10.1. The number of carbonyl (C=O) groups is 2. The van der Waals surface area contributed by atoms with Crippen molar-refractivity contribution in [3.8, 4) is 17.2 Å². The molecule has 8 nitrogen and oxygen atoms in total. The summed E-state index contributed by atoms with van der Waals surface area (Å²) in [6, 6.07) is 26.4. The van der Waals surface area contributed by atoms with Gasteiger partial charge in [0, 0.05) is 0 Å². The number of ether oxygens (including phenoxy) is 3. The lowest BCUT2D eigenvalue weighted by Gasteiger charge is -2.12. The molecule has 2 N–H and O–H groups in total. The van der Waals surface area contributed by atoms with Gasteiger partial charge in [-0.05, 0) is 52.2 Å². The number of benzene rings is 4. The number of carbonyl (C=O) groups excluding carboxylic acids is 2. The summed E-state index contributed by atoms with van der Waals surface area (Å²) in [4.78, 5) is 24.4. The molecule has 0 saturated carbocycles. The normalized spacial score (nSPS) is 10.8. The van der Waals surface area contributed by atoms with E-state index in [1.165, 1.54) is 13.3 Å². The molecule has 4 aromatic carbocycles. The Hall–Kier alpha value is -4.85. The van der Waals surface area contributed by atoms with Gasteiger partial charge in [-0.1, -0.05) is 54.6 Å². The largest absolute Gasteiger partial charge is 0.496 e. The third kappa shape index (κ3) is 6.43. The second kappa shape index (κ2) is 12.2. The van der Waals surface area contributed by atoms with E-state index >= 15 is 0 Å². The van der Waals surface area contributed by atoms with E-state index < -0.39 is 11.8 Å². The molecular formula is C29H27N3O5. The molecule has 0 bridgehead atoms. The zero-order valence-electron chi connectivity index (χ0n) is 20.6. The van der Waals surface area contributed by atoms with Crippen molar-refractivity contribution in [3.05, 3.63) is 102 Å². The van der Waals surface area contributed by atoms with Gasteiger partial charge in [0.25, 0.3) is 11.8 Å². The molecule has 0 atom stereocenters. The zero-order valence-corrected chi connectivity index (χ0v) is 20.6. The number of nitrogens with zero attached hydrogens (tertiary/aromatic N) is 1. The van der Waals surface area contributed by atoms with Crippen LogP contribution in [0.1, 0.15) is 21.5 Å². The Balaban J connectivity index is 1.32. The SMILES string of the molecule is COc1cc(C=NNC(=O)CNC(=O)c2ccccc2OC)ccc1OCc1cccc2ccccc12. The summed E-state index contributed by atoms with van der Waals surface area (Å²) >= 11 is 0.